The van der Waals surface area contributed by atoms with Crippen LogP contribution < -0.4 is 0 Å². The molecule has 0 aliphatic rings. The molecule has 0 aliphatic heterocycles. The fourth-order valence-electron chi connectivity index (χ4n) is 2.43. The predicted molar refractivity (Wildman–Crippen MR) is 92.9 cm³/mol. The van der Waals surface area contributed by atoms with Gasteiger partial charge in [-0.3, -0.25) is 0 Å². The fourth-order valence-corrected chi connectivity index (χ4v) is 3.71. The molecule has 2 aromatic carbocycles. The molecule has 20 heavy (non-hydrogen) atoms. The molecule has 0 saturated carbocycles. The predicted octanol–water partition coefficient (Wildman–Crippen LogP) is 5.64. The van der Waals surface area contributed by atoms with Crippen molar-refractivity contribution >= 4 is 38.5 Å². The third-order valence-electron chi connectivity index (χ3n) is 3.51. The van der Waals surface area contributed by atoms with E-state index < -0.39 is 0 Å². The summed E-state index contributed by atoms with van der Waals surface area (Å²) in [6, 6.07) is 19.0. The van der Waals surface area contributed by atoms with Crippen LogP contribution in [0, 0.1) is 0 Å². The zero-order valence-corrected chi connectivity index (χ0v) is 12.8. The minimum atomic E-state index is 0.990. The zero-order valence-electron chi connectivity index (χ0n) is 11.2. The Morgan fingerprint density at radius 2 is 1.70 bits per heavy atom. The standard InChI is InChI=1S/C18H16S2/c19-17(14-7-2-1-3-8-14)11-6-9-15-13-20-18-12-5-4-10-16(15)18/h1-5,7-8,10,12-13H,6,9,11H2. The molecular formula is C18H16S2. The zero-order chi connectivity index (χ0) is 13.8. The van der Waals surface area contributed by atoms with E-state index >= 15 is 0 Å². The number of aryl methyl sites for hydroxylation is 1. The Morgan fingerprint density at radius 1 is 0.950 bits per heavy atom. The topological polar surface area (TPSA) is 0 Å². The quantitative estimate of drug-likeness (QED) is 0.433. The van der Waals surface area contributed by atoms with Gasteiger partial charge in [-0.15, -0.1) is 11.3 Å². The van der Waals surface area contributed by atoms with Crippen LogP contribution in [-0.2, 0) is 6.42 Å². The number of thiocarbonyl (C=S) groups is 1. The van der Waals surface area contributed by atoms with Crippen LogP contribution in [0.1, 0.15) is 24.0 Å². The van der Waals surface area contributed by atoms with Crippen molar-refractivity contribution in [1.82, 2.24) is 0 Å². The maximum absolute atomic E-state index is 5.51. The van der Waals surface area contributed by atoms with Crippen LogP contribution in [0.25, 0.3) is 10.1 Å². The van der Waals surface area contributed by atoms with Gasteiger partial charge in [-0.1, -0.05) is 60.7 Å². The van der Waals surface area contributed by atoms with Crippen molar-refractivity contribution in [2.45, 2.75) is 19.3 Å². The molecule has 0 nitrogen and oxygen atoms in total. The summed E-state index contributed by atoms with van der Waals surface area (Å²) in [6.07, 6.45) is 3.22. The lowest BCUT2D eigenvalue weighted by molar-refractivity contribution is 0.880. The Morgan fingerprint density at radius 3 is 2.55 bits per heavy atom. The Balaban J connectivity index is 1.62. The first kappa shape index (κ1) is 13.5. The van der Waals surface area contributed by atoms with Crippen molar-refractivity contribution in [1.29, 1.82) is 0 Å². The van der Waals surface area contributed by atoms with E-state index in [1.807, 2.05) is 29.5 Å². The number of rotatable bonds is 5. The SMILES string of the molecule is S=C(CCCc1csc2ccccc12)c1ccccc1. The molecule has 3 rings (SSSR count). The van der Waals surface area contributed by atoms with Crippen LogP contribution in [0.3, 0.4) is 0 Å². The van der Waals surface area contributed by atoms with E-state index in [2.05, 4.69) is 41.8 Å². The third-order valence-corrected chi connectivity index (χ3v) is 4.96. The number of thiophene rings is 1. The summed E-state index contributed by atoms with van der Waals surface area (Å²) < 4.78 is 1.38. The molecule has 0 fully saturated rings. The molecule has 3 aromatic rings. The van der Waals surface area contributed by atoms with Crippen molar-refractivity contribution < 1.29 is 0 Å². The maximum Gasteiger partial charge on any atom is 0.0345 e. The van der Waals surface area contributed by atoms with Crippen LogP contribution in [0.2, 0.25) is 0 Å². The molecule has 100 valence electrons. The molecule has 0 aliphatic carbocycles. The normalized spacial score (nSPS) is 10.8. The highest BCUT2D eigenvalue weighted by atomic mass is 32.1. The van der Waals surface area contributed by atoms with E-state index in [1.165, 1.54) is 21.2 Å². The summed E-state index contributed by atoms with van der Waals surface area (Å²) in [5, 5.41) is 3.69. The van der Waals surface area contributed by atoms with Gasteiger partial charge in [-0.2, -0.15) is 0 Å². The summed E-state index contributed by atoms with van der Waals surface area (Å²) in [6.45, 7) is 0. The fraction of sp³-hybridized carbons (Fsp3) is 0.167. The van der Waals surface area contributed by atoms with Crippen LogP contribution in [0.4, 0.5) is 0 Å². The van der Waals surface area contributed by atoms with Gasteiger partial charge in [0, 0.05) is 9.56 Å². The molecule has 0 spiro atoms. The number of benzene rings is 2. The molecule has 0 N–H and O–H groups in total. The van der Waals surface area contributed by atoms with E-state index in [0.717, 1.165) is 24.1 Å². The minimum Gasteiger partial charge on any atom is -0.144 e. The van der Waals surface area contributed by atoms with E-state index in [4.69, 9.17) is 12.2 Å². The molecular weight excluding hydrogens is 280 g/mol. The second-order valence-electron chi connectivity index (χ2n) is 4.90. The summed E-state index contributed by atoms with van der Waals surface area (Å²) in [7, 11) is 0. The Bertz CT molecular complexity index is 710. The van der Waals surface area contributed by atoms with Crippen LogP contribution >= 0.6 is 23.6 Å². The second-order valence-corrected chi connectivity index (χ2v) is 6.30. The molecule has 0 unspecified atom stereocenters. The Labute approximate surface area is 129 Å². The smallest absolute Gasteiger partial charge is 0.0345 e. The summed E-state index contributed by atoms with van der Waals surface area (Å²) in [5.41, 5.74) is 2.65. The molecule has 0 amide bonds. The summed E-state index contributed by atoms with van der Waals surface area (Å²) in [5.74, 6) is 0. The Hall–Kier alpha value is -1.51. The van der Waals surface area contributed by atoms with Gasteiger partial charge in [0.2, 0.25) is 0 Å². The van der Waals surface area contributed by atoms with Crippen LogP contribution in [0.5, 0.6) is 0 Å². The lowest BCUT2D eigenvalue weighted by Gasteiger charge is -2.04. The molecule has 0 radical (unpaired) electrons. The second kappa shape index (κ2) is 6.29. The van der Waals surface area contributed by atoms with Crippen molar-refractivity contribution in [2.75, 3.05) is 0 Å². The number of fused-ring (bicyclic) bond motifs is 1. The molecule has 0 atom stereocenters. The first-order valence-corrected chi connectivity index (χ1v) is 8.17. The summed E-state index contributed by atoms with van der Waals surface area (Å²) in [4.78, 5) is 1.07. The van der Waals surface area contributed by atoms with Crippen molar-refractivity contribution in [3.8, 4) is 0 Å². The highest BCUT2D eigenvalue weighted by Crippen LogP contribution is 2.27. The molecule has 2 heteroatoms. The third kappa shape index (κ3) is 2.97. The van der Waals surface area contributed by atoms with Gasteiger partial charge in [-0.05, 0) is 47.2 Å². The molecule has 0 bridgehead atoms. The average molecular weight is 296 g/mol. The number of hydrogen-bond donors (Lipinski definition) is 0. The van der Waals surface area contributed by atoms with Gasteiger partial charge >= 0.3 is 0 Å². The monoisotopic (exact) mass is 296 g/mol. The summed E-state index contributed by atoms with van der Waals surface area (Å²) >= 11 is 7.35. The van der Waals surface area contributed by atoms with E-state index in [9.17, 15) is 0 Å². The van der Waals surface area contributed by atoms with Crippen LogP contribution in [-0.4, -0.2) is 4.86 Å². The van der Waals surface area contributed by atoms with Gasteiger partial charge in [0.1, 0.15) is 0 Å². The average Bonchev–Trinajstić information content (AvgIpc) is 2.92. The molecule has 1 heterocycles. The van der Waals surface area contributed by atoms with Gasteiger partial charge in [0.05, 0.1) is 0 Å². The van der Waals surface area contributed by atoms with Crippen LogP contribution in [0.15, 0.2) is 60.0 Å². The lowest BCUT2D eigenvalue weighted by atomic mass is 10.0. The highest BCUT2D eigenvalue weighted by Gasteiger charge is 2.05. The van der Waals surface area contributed by atoms with Gasteiger partial charge in [0.15, 0.2) is 0 Å². The van der Waals surface area contributed by atoms with Gasteiger partial charge < -0.3 is 0 Å². The van der Waals surface area contributed by atoms with Crippen molar-refractivity contribution in [3.05, 3.63) is 71.1 Å². The van der Waals surface area contributed by atoms with Crippen molar-refractivity contribution in [2.24, 2.45) is 0 Å². The first-order valence-electron chi connectivity index (χ1n) is 6.88. The molecule has 0 saturated heterocycles. The van der Waals surface area contributed by atoms with Gasteiger partial charge in [0.25, 0.3) is 0 Å². The van der Waals surface area contributed by atoms with E-state index in [0.29, 0.717) is 0 Å². The largest absolute Gasteiger partial charge is 0.144 e. The maximum atomic E-state index is 5.51. The van der Waals surface area contributed by atoms with E-state index in [1.54, 1.807) is 0 Å². The van der Waals surface area contributed by atoms with Crippen molar-refractivity contribution in [3.63, 3.8) is 0 Å². The Kier molecular flexibility index (Phi) is 4.24. The first-order chi connectivity index (χ1) is 9.84. The highest BCUT2D eigenvalue weighted by molar-refractivity contribution is 7.80. The lowest BCUT2D eigenvalue weighted by Crippen LogP contribution is -1.97. The van der Waals surface area contributed by atoms with E-state index in [-0.39, 0.29) is 0 Å². The minimum absolute atomic E-state index is 0.990. The van der Waals surface area contributed by atoms with Gasteiger partial charge in [-0.25, -0.2) is 0 Å². The molecule has 1 aromatic heterocycles. The number of hydrogen-bond acceptors (Lipinski definition) is 2.